The van der Waals surface area contributed by atoms with Gasteiger partial charge in [-0.15, -0.1) is 0 Å². The second-order valence-electron chi connectivity index (χ2n) is 6.88. The molecule has 2 heterocycles. The molecule has 0 radical (unpaired) electrons. The third-order valence-electron chi connectivity index (χ3n) is 4.80. The standard InChI is InChI=1S/C23H26N4O5/c1-27-21(23(29)32-4)20(26-19(28)14-30-2)17-12-16(13-25-22(17)27)24-11-7-9-15-8-5-6-10-18(15)31-3/h5-10,12-13,24H,11,14H2,1-4H3,(H,26,28). The van der Waals surface area contributed by atoms with Crippen molar-refractivity contribution >= 4 is 40.4 Å². The SMILES string of the molecule is COCC(=O)Nc1c(C(=O)OC)n(C)c2ncc(NCC=Cc3ccccc3OC)cc12. The molecule has 0 spiro atoms. The normalized spacial score (nSPS) is 11.0. The first-order valence-electron chi connectivity index (χ1n) is 9.89. The first-order valence-corrected chi connectivity index (χ1v) is 9.89. The van der Waals surface area contributed by atoms with Crippen LogP contribution in [0.25, 0.3) is 17.1 Å². The second kappa shape index (κ2) is 10.5. The topological polar surface area (TPSA) is 104 Å². The number of carbonyl (C=O) groups is 2. The molecule has 2 N–H and O–H groups in total. The molecule has 0 aliphatic carbocycles. The van der Waals surface area contributed by atoms with E-state index in [4.69, 9.17) is 14.2 Å². The predicted octanol–water partition coefficient (Wildman–Crippen LogP) is 3.08. The maximum Gasteiger partial charge on any atom is 0.356 e. The van der Waals surface area contributed by atoms with E-state index in [9.17, 15) is 9.59 Å². The molecule has 0 unspecified atom stereocenters. The van der Waals surface area contributed by atoms with Crippen molar-refractivity contribution in [3.63, 3.8) is 0 Å². The van der Waals surface area contributed by atoms with Crippen LogP contribution in [-0.4, -0.2) is 55.9 Å². The number of carbonyl (C=O) groups excluding carboxylic acids is 2. The van der Waals surface area contributed by atoms with E-state index in [0.29, 0.717) is 23.3 Å². The van der Waals surface area contributed by atoms with Crippen LogP contribution in [0.1, 0.15) is 16.1 Å². The van der Waals surface area contributed by atoms with E-state index in [1.54, 1.807) is 24.9 Å². The fourth-order valence-corrected chi connectivity index (χ4v) is 3.34. The van der Waals surface area contributed by atoms with Gasteiger partial charge < -0.3 is 29.4 Å². The van der Waals surface area contributed by atoms with Crippen LogP contribution in [0.5, 0.6) is 5.75 Å². The van der Waals surface area contributed by atoms with Crippen molar-refractivity contribution < 1.29 is 23.8 Å². The highest BCUT2D eigenvalue weighted by Crippen LogP contribution is 2.31. The van der Waals surface area contributed by atoms with Gasteiger partial charge in [0.1, 0.15) is 18.0 Å². The predicted molar refractivity (Wildman–Crippen MR) is 123 cm³/mol. The number of aromatic nitrogens is 2. The van der Waals surface area contributed by atoms with Gasteiger partial charge in [-0.3, -0.25) is 4.79 Å². The van der Waals surface area contributed by atoms with Crippen LogP contribution in [0.4, 0.5) is 11.4 Å². The summed E-state index contributed by atoms with van der Waals surface area (Å²) in [5.41, 5.74) is 2.77. The quantitative estimate of drug-likeness (QED) is 0.495. The van der Waals surface area contributed by atoms with Gasteiger partial charge in [-0.1, -0.05) is 30.4 Å². The summed E-state index contributed by atoms with van der Waals surface area (Å²) in [4.78, 5) is 29.0. The van der Waals surface area contributed by atoms with E-state index in [-0.39, 0.29) is 18.2 Å². The number of rotatable bonds is 9. The molecule has 0 saturated heterocycles. The van der Waals surface area contributed by atoms with Gasteiger partial charge in [-0.2, -0.15) is 0 Å². The fraction of sp³-hybridized carbons (Fsp3) is 0.261. The first kappa shape index (κ1) is 22.8. The minimum Gasteiger partial charge on any atom is -0.496 e. The number of para-hydroxylation sites is 1. The lowest BCUT2D eigenvalue weighted by molar-refractivity contribution is -0.119. The zero-order chi connectivity index (χ0) is 23.1. The molecule has 3 rings (SSSR count). The molecule has 0 aliphatic heterocycles. The zero-order valence-electron chi connectivity index (χ0n) is 18.5. The Labute approximate surface area is 186 Å². The number of nitrogens with zero attached hydrogens (tertiary/aromatic N) is 2. The lowest BCUT2D eigenvalue weighted by atomic mass is 10.2. The number of anilines is 2. The third-order valence-corrected chi connectivity index (χ3v) is 4.80. The largest absolute Gasteiger partial charge is 0.496 e. The van der Waals surface area contributed by atoms with Crippen LogP contribution in [0.2, 0.25) is 0 Å². The van der Waals surface area contributed by atoms with Crippen LogP contribution in [0.15, 0.2) is 42.6 Å². The molecule has 9 nitrogen and oxygen atoms in total. The zero-order valence-corrected chi connectivity index (χ0v) is 18.5. The Kier molecular flexibility index (Phi) is 7.45. The van der Waals surface area contributed by atoms with E-state index < -0.39 is 5.97 Å². The fourth-order valence-electron chi connectivity index (χ4n) is 3.34. The molecule has 0 fully saturated rings. The minimum absolute atomic E-state index is 0.143. The van der Waals surface area contributed by atoms with Crippen LogP contribution in [-0.2, 0) is 21.3 Å². The van der Waals surface area contributed by atoms with Crippen molar-refractivity contribution in [2.45, 2.75) is 0 Å². The highest BCUT2D eigenvalue weighted by Gasteiger charge is 2.24. The van der Waals surface area contributed by atoms with E-state index in [0.717, 1.165) is 17.0 Å². The Hall–Kier alpha value is -3.85. The highest BCUT2D eigenvalue weighted by atomic mass is 16.5. The average molecular weight is 438 g/mol. The van der Waals surface area contributed by atoms with Crippen molar-refractivity contribution in [3.8, 4) is 5.75 Å². The Morgan fingerprint density at radius 1 is 1.19 bits per heavy atom. The van der Waals surface area contributed by atoms with Gasteiger partial charge in [0.15, 0.2) is 5.69 Å². The number of benzene rings is 1. The summed E-state index contributed by atoms with van der Waals surface area (Å²) in [6.45, 7) is 0.392. The number of hydrogen-bond donors (Lipinski definition) is 2. The van der Waals surface area contributed by atoms with Crippen LogP contribution in [0, 0.1) is 0 Å². The monoisotopic (exact) mass is 438 g/mol. The smallest absolute Gasteiger partial charge is 0.356 e. The van der Waals surface area contributed by atoms with Gasteiger partial charge in [0.2, 0.25) is 5.91 Å². The second-order valence-corrected chi connectivity index (χ2v) is 6.88. The van der Waals surface area contributed by atoms with Gasteiger partial charge >= 0.3 is 5.97 Å². The van der Waals surface area contributed by atoms with Crippen LogP contribution < -0.4 is 15.4 Å². The summed E-state index contributed by atoms with van der Waals surface area (Å²) < 4.78 is 16.7. The molecule has 32 heavy (non-hydrogen) atoms. The number of pyridine rings is 1. The lowest BCUT2D eigenvalue weighted by Gasteiger charge is -2.07. The van der Waals surface area contributed by atoms with Gasteiger partial charge in [0.05, 0.1) is 31.8 Å². The van der Waals surface area contributed by atoms with Crippen LogP contribution >= 0.6 is 0 Å². The number of aryl methyl sites for hydroxylation is 1. The molecule has 1 amide bonds. The number of ether oxygens (including phenoxy) is 3. The Morgan fingerprint density at radius 2 is 1.97 bits per heavy atom. The van der Waals surface area contributed by atoms with E-state index in [2.05, 4.69) is 15.6 Å². The number of hydrogen-bond acceptors (Lipinski definition) is 7. The van der Waals surface area contributed by atoms with E-state index in [1.165, 1.54) is 14.2 Å². The molecule has 0 bridgehead atoms. The maximum absolute atomic E-state index is 12.4. The molecular weight excluding hydrogens is 412 g/mol. The molecule has 1 aromatic carbocycles. The Balaban J connectivity index is 1.87. The number of methoxy groups -OCH3 is 3. The lowest BCUT2D eigenvalue weighted by Crippen LogP contribution is -2.19. The molecule has 0 aliphatic rings. The molecule has 0 atom stereocenters. The first-order chi connectivity index (χ1) is 15.5. The number of nitrogens with one attached hydrogen (secondary N) is 2. The van der Waals surface area contributed by atoms with Gasteiger partial charge in [-0.25, -0.2) is 9.78 Å². The van der Waals surface area contributed by atoms with Crippen LogP contribution in [0.3, 0.4) is 0 Å². The van der Waals surface area contributed by atoms with Crippen molar-refractivity contribution in [3.05, 3.63) is 53.9 Å². The molecule has 3 aromatic rings. The summed E-state index contributed by atoms with van der Waals surface area (Å²) >= 11 is 0. The van der Waals surface area contributed by atoms with E-state index in [1.807, 2.05) is 42.5 Å². The molecule has 0 saturated carbocycles. The van der Waals surface area contributed by atoms with Gasteiger partial charge in [0, 0.05) is 31.7 Å². The van der Waals surface area contributed by atoms with Gasteiger partial charge in [-0.05, 0) is 12.1 Å². The van der Waals surface area contributed by atoms with Gasteiger partial charge in [0.25, 0.3) is 0 Å². The molecule has 2 aromatic heterocycles. The average Bonchev–Trinajstić information content (AvgIpc) is 3.07. The maximum atomic E-state index is 12.4. The van der Waals surface area contributed by atoms with Crippen molar-refractivity contribution in [1.29, 1.82) is 0 Å². The number of fused-ring (bicyclic) bond motifs is 1. The van der Waals surface area contributed by atoms with Crippen molar-refractivity contribution in [2.75, 3.05) is 45.1 Å². The summed E-state index contributed by atoms with van der Waals surface area (Å²) in [7, 11) is 6.04. The molecule has 168 valence electrons. The van der Waals surface area contributed by atoms with Crippen molar-refractivity contribution in [2.24, 2.45) is 7.05 Å². The Morgan fingerprint density at radius 3 is 2.69 bits per heavy atom. The third kappa shape index (κ3) is 4.89. The summed E-state index contributed by atoms with van der Waals surface area (Å²) in [5.74, 6) is -0.168. The minimum atomic E-state index is -0.576. The number of amides is 1. The summed E-state index contributed by atoms with van der Waals surface area (Å²) in [5, 5.41) is 6.61. The van der Waals surface area contributed by atoms with Crippen molar-refractivity contribution in [1.82, 2.24) is 9.55 Å². The highest BCUT2D eigenvalue weighted by molar-refractivity contribution is 6.11. The molecular formula is C23H26N4O5. The van der Waals surface area contributed by atoms with E-state index >= 15 is 0 Å². The molecule has 9 heteroatoms. The summed E-state index contributed by atoms with van der Waals surface area (Å²) in [6.07, 6.45) is 5.60. The summed E-state index contributed by atoms with van der Waals surface area (Å²) in [6, 6.07) is 9.56. The number of esters is 1. The Bertz CT molecular complexity index is 1150.